The monoisotopic (exact) mass is 540 g/mol. The summed E-state index contributed by atoms with van der Waals surface area (Å²) >= 11 is 0. The Bertz CT molecular complexity index is 2000. The first-order chi connectivity index (χ1) is 20.0. The molecule has 4 aromatic carbocycles. The Morgan fingerprint density at radius 2 is 1.15 bits per heavy atom. The van der Waals surface area contributed by atoms with Crippen LogP contribution in [-0.4, -0.2) is 28.9 Å². The number of carbonyl (C=O) groups excluding carboxylic acids is 2. The fourth-order valence-electron chi connectivity index (χ4n) is 5.87. The number of aromatic nitrogens is 2. The SMILES string of the molecule is COc1ccc2[nH]c3c(c2c1)CC(=O)Nc1ccccc1-3.Cc1ccc2[nH]c3c(c2c1)CC(=O)Nc1ccccc1-3. The van der Waals surface area contributed by atoms with E-state index in [0.717, 1.165) is 72.6 Å². The molecule has 0 radical (unpaired) electrons. The Hall–Kier alpha value is -5.30. The third-order valence-corrected chi connectivity index (χ3v) is 7.79. The molecular formula is C34H28N4O3. The van der Waals surface area contributed by atoms with Gasteiger partial charge in [-0.3, -0.25) is 9.59 Å². The van der Waals surface area contributed by atoms with E-state index in [1.807, 2.05) is 66.7 Å². The topological polar surface area (TPSA) is 99.0 Å². The number of anilines is 2. The summed E-state index contributed by atoms with van der Waals surface area (Å²) in [5, 5.41) is 8.12. The fraction of sp³-hybridized carbons (Fsp3) is 0.118. The lowest BCUT2D eigenvalue weighted by Crippen LogP contribution is -2.12. The zero-order valence-electron chi connectivity index (χ0n) is 22.7. The number of para-hydroxylation sites is 2. The number of hydrogen-bond donors (Lipinski definition) is 4. The smallest absolute Gasteiger partial charge is 0.228 e. The van der Waals surface area contributed by atoms with Crippen molar-refractivity contribution >= 4 is 45.0 Å². The van der Waals surface area contributed by atoms with E-state index in [1.165, 1.54) is 5.56 Å². The lowest BCUT2D eigenvalue weighted by atomic mass is 10.0. The number of rotatable bonds is 1. The van der Waals surface area contributed by atoms with Crippen molar-refractivity contribution in [2.45, 2.75) is 19.8 Å². The van der Waals surface area contributed by atoms with Crippen molar-refractivity contribution < 1.29 is 14.3 Å². The third-order valence-electron chi connectivity index (χ3n) is 7.79. The van der Waals surface area contributed by atoms with E-state index in [9.17, 15) is 9.59 Å². The molecule has 0 bridgehead atoms. The summed E-state index contributed by atoms with van der Waals surface area (Å²) in [5.74, 6) is 0.839. The zero-order chi connectivity index (χ0) is 28.1. The normalized spacial score (nSPS) is 13.4. The van der Waals surface area contributed by atoms with Crippen LogP contribution in [0.4, 0.5) is 11.4 Å². The standard InChI is InChI=1S/C17H14N2O2.C17H14N2O/c1-21-10-6-7-15-12(8-10)13-9-16(20)18-14-5-3-2-4-11(14)17(13)19-15;1-10-6-7-15-12(8-10)13-9-16(20)18-14-5-3-2-4-11(14)17(13)19-15/h2-8,19H,9H2,1H3,(H,18,20);2-8,19H,9H2,1H3,(H,18,20). The number of methoxy groups -OCH3 is 1. The molecule has 0 saturated carbocycles. The number of aryl methyl sites for hydroxylation is 1. The van der Waals surface area contributed by atoms with Crippen LogP contribution >= 0.6 is 0 Å². The Balaban J connectivity index is 0.000000135. The second-order valence-corrected chi connectivity index (χ2v) is 10.5. The molecule has 2 aromatic heterocycles. The zero-order valence-corrected chi connectivity index (χ0v) is 22.7. The van der Waals surface area contributed by atoms with Crippen molar-refractivity contribution in [2.75, 3.05) is 17.7 Å². The van der Waals surface area contributed by atoms with Crippen LogP contribution in [0.1, 0.15) is 16.7 Å². The molecule has 0 aliphatic carbocycles. The highest BCUT2D eigenvalue weighted by atomic mass is 16.5. The van der Waals surface area contributed by atoms with Crippen LogP contribution in [0.25, 0.3) is 44.3 Å². The first-order valence-electron chi connectivity index (χ1n) is 13.6. The molecule has 7 nitrogen and oxygen atoms in total. The molecule has 0 unspecified atom stereocenters. The summed E-state index contributed by atoms with van der Waals surface area (Å²) in [6.07, 6.45) is 0.768. The van der Waals surface area contributed by atoms with Crippen LogP contribution in [0.5, 0.6) is 5.75 Å². The van der Waals surface area contributed by atoms with Crippen molar-refractivity contribution in [1.29, 1.82) is 0 Å². The van der Waals surface area contributed by atoms with Crippen molar-refractivity contribution in [3.8, 4) is 28.3 Å². The van der Waals surface area contributed by atoms with Gasteiger partial charge in [0.25, 0.3) is 0 Å². The Kier molecular flexibility index (Phi) is 5.86. The average molecular weight is 541 g/mol. The maximum absolute atomic E-state index is 12.1. The highest BCUT2D eigenvalue weighted by Crippen LogP contribution is 2.39. The van der Waals surface area contributed by atoms with Gasteiger partial charge in [-0.2, -0.15) is 0 Å². The largest absolute Gasteiger partial charge is 0.497 e. The van der Waals surface area contributed by atoms with Gasteiger partial charge in [-0.15, -0.1) is 0 Å². The van der Waals surface area contributed by atoms with Gasteiger partial charge >= 0.3 is 0 Å². The molecule has 4 N–H and O–H groups in total. The van der Waals surface area contributed by atoms with E-state index in [4.69, 9.17) is 4.74 Å². The first kappa shape index (κ1) is 24.7. The molecule has 2 aliphatic rings. The van der Waals surface area contributed by atoms with Crippen LogP contribution in [-0.2, 0) is 22.4 Å². The van der Waals surface area contributed by atoms with E-state index in [-0.39, 0.29) is 11.8 Å². The molecule has 2 aliphatic heterocycles. The number of fused-ring (bicyclic) bond motifs is 10. The Morgan fingerprint density at radius 1 is 0.634 bits per heavy atom. The van der Waals surface area contributed by atoms with Gasteiger partial charge in [0.15, 0.2) is 0 Å². The van der Waals surface area contributed by atoms with Gasteiger partial charge < -0.3 is 25.3 Å². The second-order valence-electron chi connectivity index (χ2n) is 10.5. The van der Waals surface area contributed by atoms with Gasteiger partial charge in [0, 0.05) is 32.9 Å². The van der Waals surface area contributed by atoms with Crippen LogP contribution in [0.3, 0.4) is 0 Å². The summed E-state index contributed by atoms with van der Waals surface area (Å²) in [6.45, 7) is 2.07. The predicted molar refractivity (Wildman–Crippen MR) is 163 cm³/mol. The molecule has 202 valence electrons. The van der Waals surface area contributed by atoms with Crippen molar-refractivity contribution in [2.24, 2.45) is 0 Å². The Morgan fingerprint density at radius 3 is 1.71 bits per heavy atom. The summed E-state index contributed by atoms with van der Waals surface area (Å²) < 4.78 is 5.30. The molecule has 0 fully saturated rings. The predicted octanol–water partition coefficient (Wildman–Crippen LogP) is 6.98. The number of aromatic amines is 2. The van der Waals surface area contributed by atoms with E-state index in [1.54, 1.807) is 7.11 Å². The molecule has 0 spiro atoms. The number of nitrogens with one attached hydrogen (secondary N) is 4. The van der Waals surface area contributed by atoms with E-state index in [0.29, 0.717) is 12.8 Å². The second kappa shape index (κ2) is 9.71. The molecule has 0 atom stereocenters. The Labute approximate surface area is 236 Å². The lowest BCUT2D eigenvalue weighted by molar-refractivity contribution is -0.116. The van der Waals surface area contributed by atoms with Crippen molar-refractivity contribution in [3.05, 3.63) is 102 Å². The minimum absolute atomic E-state index is 0.00456. The average Bonchev–Trinajstić information content (AvgIpc) is 3.41. The number of amides is 2. The van der Waals surface area contributed by atoms with Crippen molar-refractivity contribution in [1.82, 2.24) is 9.97 Å². The summed E-state index contributed by atoms with van der Waals surface area (Å²) in [4.78, 5) is 31.2. The quantitative estimate of drug-likeness (QED) is 0.181. The van der Waals surface area contributed by atoms with Crippen LogP contribution in [0.2, 0.25) is 0 Å². The van der Waals surface area contributed by atoms with Crippen LogP contribution in [0.15, 0.2) is 84.9 Å². The number of H-pyrrole nitrogens is 2. The summed E-state index contributed by atoms with van der Waals surface area (Å²) in [7, 11) is 1.65. The first-order valence-corrected chi connectivity index (χ1v) is 13.6. The van der Waals surface area contributed by atoms with E-state index < -0.39 is 0 Å². The molecule has 0 saturated heterocycles. The maximum Gasteiger partial charge on any atom is 0.228 e. The molecular weight excluding hydrogens is 512 g/mol. The molecule has 41 heavy (non-hydrogen) atoms. The maximum atomic E-state index is 12.1. The number of benzene rings is 4. The van der Waals surface area contributed by atoms with Gasteiger partial charge in [0.2, 0.25) is 11.8 Å². The number of hydrogen-bond acceptors (Lipinski definition) is 3. The van der Waals surface area contributed by atoms with Gasteiger partial charge in [-0.1, -0.05) is 48.0 Å². The fourth-order valence-corrected chi connectivity index (χ4v) is 5.87. The van der Waals surface area contributed by atoms with Gasteiger partial charge in [0.1, 0.15) is 5.75 Å². The molecule has 8 rings (SSSR count). The number of carbonyl (C=O) groups is 2. The summed E-state index contributed by atoms with van der Waals surface area (Å²) in [6, 6.07) is 28.0. The molecule has 4 heterocycles. The highest BCUT2D eigenvalue weighted by Gasteiger charge is 2.23. The van der Waals surface area contributed by atoms with Gasteiger partial charge in [-0.05, 0) is 60.5 Å². The molecule has 6 aromatic rings. The summed E-state index contributed by atoms with van der Waals surface area (Å²) in [5.41, 5.74) is 11.3. The molecule has 7 heteroatoms. The van der Waals surface area contributed by atoms with Gasteiger partial charge in [0.05, 0.1) is 42.7 Å². The third kappa shape index (κ3) is 4.32. The minimum Gasteiger partial charge on any atom is -0.497 e. The van der Waals surface area contributed by atoms with E-state index >= 15 is 0 Å². The van der Waals surface area contributed by atoms with Crippen LogP contribution in [0, 0.1) is 6.92 Å². The molecule has 2 amide bonds. The van der Waals surface area contributed by atoms with Crippen LogP contribution < -0.4 is 15.4 Å². The van der Waals surface area contributed by atoms with Gasteiger partial charge in [-0.25, -0.2) is 0 Å². The minimum atomic E-state index is 0.00456. The number of ether oxygens (including phenoxy) is 1. The lowest BCUT2D eigenvalue weighted by Gasteiger charge is -2.05. The highest BCUT2D eigenvalue weighted by molar-refractivity contribution is 6.06. The van der Waals surface area contributed by atoms with Crippen molar-refractivity contribution in [3.63, 3.8) is 0 Å². The van der Waals surface area contributed by atoms with E-state index in [2.05, 4.69) is 45.7 Å².